The van der Waals surface area contributed by atoms with Gasteiger partial charge < -0.3 is 15.9 Å². The van der Waals surface area contributed by atoms with Gasteiger partial charge in [0.25, 0.3) is 5.96 Å². The molecule has 0 saturated heterocycles. The van der Waals surface area contributed by atoms with Crippen molar-refractivity contribution in [2.75, 3.05) is 12.4 Å². The predicted molar refractivity (Wildman–Crippen MR) is 124 cm³/mol. The summed E-state index contributed by atoms with van der Waals surface area (Å²) in [6, 6.07) is 11.3. The fourth-order valence-electron chi connectivity index (χ4n) is 3.76. The maximum atomic E-state index is 12.4. The van der Waals surface area contributed by atoms with Crippen molar-refractivity contribution in [2.45, 2.75) is 32.3 Å². The first-order chi connectivity index (χ1) is 15.6. The number of rotatable bonds is 5. The third-order valence-corrected chi connectivity index (χ3v) is 5.93. The van der Waals surface area contributed by atoms with Crippen molar-refractivity contribution in [2.24, 2.45) is 27.1 Å². The minimum absolute atomic E-state index is 0.0238. The molecule has 0 aliphatic heterocycles. The number of hydrogen-bond acceptors (Lipinski definition) is 6. The van der Waals surface area contributed by atoms with E-state index in [1.54, 1.807) is 17.7 Å². The van der Waals surface area contributed by atoms with E-state index in [-0.39, 0.29) is 30.4 Å². The maximum Gasteiger partial charge on any atom is 0.305 e. The van der Waals surface area contributed by atoms with Crippen LogP contribution in [0.4, 0.5) is 5.82 Å². The lowest BCUT2D eigenvalue weighted by Crippen LogP contribution is -2.21. The Bertz CT molecular complexity index is 1180. The van der Waals surface area contributed by atoms with Gasteiger partial charge in [0.2, 0.25) is 5.91 Å². The molecule has 166 valence electrons. The van der Waals surface area contributed by atoms with Gasteiger partial charge in [0, 0.05) is 17.4 Å². The van der Waals surface area contributed by atoms with Gasteiger partial charge in [-0.1, -0.05) is 35.3 Å². The summed E-state index contributed by atoms with van der Waals surface area (Å²) in [6.07, 6.45) is 4.07. The van der Waals surface area contributed by atoms with Gasteiger partial charge >= 0.3 is 6.01 Å². The number of carbonyl (C=O) groups excluding carboxylic acids is 1. The fourth-order valence-corrected chi connectivity index (χ4v) is 4.20. The lowest BCUT2D eigenvalue weighted by molar-refractivity contribution is -0.119. The molecule has 1 saturated carbocycles. The highest BCUT2D eigenvalue weighted by Crippen LogP contribution is 2.29. The van der Waals surface area contributed by atoms with E-state index in [0.29, 0.717) is 17.0 Å². The van der Waals surface area contributed by atoms with Crippen molar-refractivity contribution < 1.29 is 9.53 Å². The monoisotopic (exact) mass is 498 g/mol. The Kier molecular flexibility index (Phi) is 6.74. The average molecular weight is 499 g/mol. The van der Waals surface area contributed by atoms with Crippen LogP contribution in [-0.2, 0) is 11.4 Å². The molecule has 1 amide bonds. The first-order valence-corrected chi connectivity index (χ1v) is 11.0. The fraction of sp³-hybridized carbons (Fsp3) is 0.333. The molecular formula is C21H23BrN8O2. The van der Waals surface area contributed by atoms with Gasteiger partial charge in [-0.3, -0.25) is 9.79 Å². The molecule has 3 N–H and O–H groups in total. The van der Waals surface area contributed by atoms with Crippen LogP contribution in [0.25, 0.3) is 11.0 Å². The second kappa shape index (κ2) is 9.86. The van der Waals surface area contributed by atoms with Crippen LogP contribution in [0.5, 0.6) is 6.01 Å². The van der Waals surface area contributed by atoms with Gasteiger partial charge in [-0.15, -0.1) is 0 Å². The zero-order valence-electron chi connectivity index (χ0n) is 17.5. The van der Waals surface area contributed by atoms with Gasteiger partial charge in [-0.25, -0.2) is 9.55 Å². The standard InChI is InChI=1S/C21H23BrN8O2/c1-24-20(28-29-23)30-16-10-5-9-15(22)18(16)27-21(30)32-12-14-8-4-11-17(25-14)26-19(31)13-6-2-3-7-13/h4-5,8-11,13H,2-3,6-7,12H2,1H3,(H2,23,24,28)(H,25,26,31). The quantitative estimate of drug-likeness (QED) is 0.180. The van der Waals surface area contributed by atoms with E-state index in [2.05, 4.69) is 46.5 Å². The summed E-state index contributed by atoms with van der Waals surface area (Å²) in [5.74, 6) is 6.08. The number of aromatic nitrogens is 3. The molecule has 0 radical (unpaired) electrons. The number of halogens is 1. The van der Waals surface area contributed by atoms with Crippen LogP contribution in [0.3, 0.4) is 0 Å². The van der Waals surface area contributed by atoms with Crippen LogP contribution in [0.15, 0.2) is 56.2 Å². The lowest BCUT2D eigenvalue weighted by atomic mass is 10.1. The highest BCUT2D eigenvalue weighted by Gasteiger charge is 2.23. The van der Waals surface area contributed by atoms with E-state index in [0.717, 1.165) is 35.7 Å². The van der Waals surface area contributed by atoms with Gasteiger partial charge in [0.05, 0.1) is 11.2 Å². The van der Waals surface area contributed by atoms with Crippen LogP contribution >= 0.6 is 15.9 Å². The summed E-state index contributed by atoms with van der Waals surface area (Å²) in [5, 5.41) is 10.1. The second-order valence-corrected chi connectivity index (χ2v) is 8.20. The van der Waals surface area contributed by atoms with Crippen LogP contribution in [-0.4, -0.2) is 33.4 Å². The SMILES string of the molecule is CN=C(/N=N\N)n1c(OCc2cccc(NC(=O)C3CCCC3)n2)nc2c(Br)cccc21. The number of imidazole rings is 1. The molecule has 1 aliphatic rings. The number of benzene rings is 1. The Labute approximate surface area is 193 Å². The van der Waals surface area contributed by atoms with Gasteiger partial charge in [-0.05, 0) is 53.0 Å². The molecule has 1 aromatic carbocycles. The largest absolute Gasteiger partial charge is 0.458 e. The third kappa shape index (κ3) is 4.62. The molecule has 4 rings (SSSR count). The molecular weight excluding hydrogens is 476 g/mol. The summed E-state index contributed by atoms with van der Waals surface area (Å²) in [7, 11) is 1.58. The Morgan fingerprint density at radius 1 is 1.25 bits per heavy atom. The van der Waals surface area contributed by atoms with Crippen molar-refractivity contribution in [3.05, 3.63) is 46.6 Å². The molecule has 0 spiro atoms. The highest BCUT2D eigenvalue weighted by atomic mass is 79.9. The normalized spacial score (nSPS) is 15.0. The first kappa shape index (κ1) is 21.9. The molecule has 3 aromatic rings. The number of ether oxygens (including phenoxy) is 1. The zero-order chi connectivity index (χ0) is 22.5. The van der Waals surface area contributed by atoms with Gasteiger partial charge in [-0.2, -0.15) is 4.98 Å². The zero-order valence-corrected chi connectivity index (χ0v) is 19.1. The number of carbonyl (C=O) groups is 1. The molecule has 11 heteroatoms. The number of nitrogens with one attached hydrogen (secondary N) is 1. The van der Waals surface area contributed by atoms with Crippen molar-refractivity contribution in [1.29, 1.82) is 0 Å². The Morgan fingerprint density at radius 3 is 2.78 bits per heavy atom. The molecule has 0 atom stereocenters. The van der Waals surface area contributed by atoms with E-state index in [1.807, 2.05) is 30.3 Å². The number of fused-ring (bicyclic) bond motifs is 1. The minimum Gasteiger partial charge on any atom is -0.458 e. The van der Waals surface area contributed by atoms with E-state index in [1.165, 1.54) is 0 Å². The minimum atomic E-state index is 0.0238. The van der Waals surface area contributed by atoms with Crippen LogP contribution < -0.4 is 15.9 Å². The lowest BCUT2D eigenvalue weighted by Gasteiger charge is -2.11. The molecule has 2 aromatic heterocycles. The first-order valence-electron chi connectivity index (χ1n) is 10.3. The molecule has 32 heavy (non-hydrogen) atoms. The van der Waals surface area contributed by atoms with Crippen LogP contribution in [0.2, 0.25) is 0 Å². The van der Waals surface area contributed by atoms with Crippen LogP contribution in [0, 0.1) is 5.92 Å². The number of pyridine rings is 1. The van der Waals surface area contributed by atoms with E-state index >= 15 is 0 Å². The van der Waals surface area contributed by atoms with Gasteiger partial charge in [0.15, 0.2) is 0 Å². The third-order valence-electron chi connectivity index (χ3n) is 5.29. The van der Waals surface area contributed by atoms with Crippen LogP contribution in [0.1, 0.15) is 31.4 Å². The number of nitrogens with zero attached hydrogens (tertiary/aromatic N) is 6. The van der Waals surface area contributed by atoms with Crippen molar-refractivity contribution in [3.63, 3.8) is 0 Å². The van der Waals surface area contributed by atoms with Crippen molar-refractivity contribution in [3.8, 4) is 6.01 Å². The number of nitrogens with two attached hydrogens (primary N) is 1. The summed E-state index contributed by atoms with van der Waals surface area (Å²) >= 11 is 3.51. The van der Waals surface area contributed by atoms with E-state index in [9.17, 15) is 4.79 Å². The highest BCUT2D eigenvalue weighted by molar-refractivity contribution is 9.10. The summed E-state index contributed by atoms with van der Waals surface area (Å²) in [4.78, 5) is 25.6. The number of para-hydroxylation sites is 1. The number of aliphatic imine (C=N–C) groups is 1. The average Bonchev–Trinajstić information content (AvgIpc) is 3.45. The van der Waals surface area contributed by atoms with E-state index < -0.39 is 0 Å². The summed E-state index contributed by atoms with van der Waals surface area (Å²) < 4.78 is 8.41. The van der Waals surface area contributed by atoms with Crippen molar-refractivity contribution >= 4 is 44.6 Å². The predicted octanol–water partition coefficient (Wildman–Crippen LogP) is 4.06. The molecule has 2 heterocycles. The molecule has 1 fully saturated rings. The summed E-state index contributed by atoms with van der Waals surface area (Å²) in [5.41, 5.74) is 2.05. The Morgan fingerprint density at radius 2 is 2.03 bits per heavy atom. The Balaban J connectivity index is 1.57. The smallest absolute Gasteiger partial charge is 0.305 e. The molecule has 0 unspecified atom stereocenters. The Hall–Kier alpha value is -3.34. The topological polar surface area (TPSA) is 132 Å². The van der Waals surface area contributed by atoms with E-state index in [4.69, 9.17) is 10.6 Å². The number of amides is 1. The molecule has 10 nitrogen and oxygen atoms in total. The molecule has 0 bridgehead atoms. The van der Waals surface area contributed by atoms with Gasteiger partial charge in [0.1, 0.15) is 17.9 Å². The van der Waals surface area contributed by atoms with Crippen molar-refractivity contribution in [1.82, 2.24) is 14.5 Å². The second-order valence-electron chi connectivity index (χ2n) is 7.35. The summed E-state index contributed by atoms with van der Waals surface area (Å²) in [6.45, 7) is 0.130. The molecule has 1 aliphatic carbocycles. The maximum absolute atomic E-state index is 12.4. The number of hydrogen-bond donors (Lipinski definition) is 2. The number of anilines is 1.